The minimum absolute atomic E-state index is 0.0740. The highest BCUT2D eigenvalue weighted by molar-refractivity contribution is 6.14. The van der Waals surface area contributed by atoms with Crippen LogP contribution in [0.4, 0.5) is 0 Å². The lowest BCUT2D eigenvalue weighted by atomic mass is 10.1. The fourth-order valence-electron chi connectivity index (χ4n) is 3.44. The lowest BCUT2D eigenvalue weighted by Gasteiger charge is -2.35. The van der Waals surface area contributed by atoms with Crippen LogP contribution in [0.5, 0.6) is 5.75 Å². The Hall–Kier alpha value is -2.51. The Bertz CT molecular complexity index is 774. The molecule has 0 aromatic heterocycles. The number of hydrogen-bond acceptors (Lipinski definition) is 5. The summed E-state index contributed by atoms with van der Waals surface area (Å²) in [4.78, 5) is 26.0. The zero-order chi connectivity index (χ0) is 19.9. The summed E-state index contributed by atoms with van der Waals surface area (Å²) in [6, 6.07) is 7.59. The molecule has 1 saturated heterocycles. The first-order valence-electron chi connectivity index (χ1n) is 9.75. The van der Waals surface area contributed by atoms with Crippen LogP contribution in [0, 0.1) is 0 Å². The maximum absolute atomic E-state index is 12.2. The Labute approximate surface area is 166 Å². The number of likely N-dealkylation sites (N-methyl/N-ethyl adjacent to an activating group) is 1. The highest BCUT2D eigenvalue weighted by Gasteiger charge is 2.21. The molecule has 2 aliphatic heterocycles. The highest BCUT2D eigenvalue weighted by Crippen LogP contribution is 2.14. The summed E-state index contributed by atoms with van der Waals surface area (Å²) in [6.07, 6.45) is 1.98. The van der Waals surface area contributed by atoms with Gasteiger partial charge in [0.15, 0.2) is 11.6 Å². The number of piperazine rings is 1. The molecule has 3 rings (SSSR count). The van der Waals surface area contributed by atoms with Gasteiger partial charge in [-0.05, 0) is 30.8 Å². The van der Waals surface area contributed by atoms with E-state index >= 15 is 0 Å². The molecule has 2 aliphatic rings. The van der Waals surface area contributed by atoms with Crippen molar-refractivity contribution in [3.05, 3.63) is 41.6 Å². The Morgan fingerprint density at radius 3 is 2.43 bits per heavy atom. The van der Waals surface area contributed by atoms with E-state index in [1.807, 2.05) is 24.3 Å². The van der Waals surface area contributed by atoms with Crippen molar-refractivity contribution >= 4 is 17.5 Å². The SMILES string of the molecule is CCN1CCN(CC2=CC(=O)CC(=NC(=NC)c3ccc(OC)cc3)N2)CC1. The van der Waals surface area contributed by atoms with Crippen molar-refractivity contribution in [2.75, 3.05) is 53.4 Å². The normalized spacial score (nSPS) is 20.8. The summed E-state index contributed by atoms with van der Waals surface area (Å²) in [5.41, 5.74) is 1.79. The molecule has 28 heavy (non-hydrogen) atoms. The van der Waals surface area contributed by atoms with Gasteiger partial charge in [0.05, 0.1) is 13.5 Å². The summed E-state index contributed by atoms with van der Waals surface area (Å²) in [7, 11) is 3.34. The maximum Gasteiger partial charge on any atom is 0.164 e. The average molecular weight is 383 g/mol. The molecular weight excluding hydrogens is 354 g/mol. The molecule has 1 aromatic carbocycles. The van der Waals surface area contributed by atoms with Crippen molar-refractivity contribution in [2.45, 2.75) is 13.3 Å². The molecule has 7 nitrogen and oxygen atoms in total. The molecule has 2 heterocycles. The predicted octanol–water partition coefficient (Wildman–Crippen LogP) is 1.55. The third-order valence-electron chi connectivity index (χ3n) is 5.09. The standard InChI is InChI=1S/C21H29N5O2/c1-4-25-9-11-26(12-10-25)15-17-13-18(27)14-20(23-17)24-21(22-2)16-5-7-19(28-3)8-6-16/h5-8,13H,4,9-12,14-15H2,1-3H3,(H,22,23,24). The van der Waals surface area contributed by atoms with Crippen LogP contribution < -0.4 is 10.1 Å². The summed E-state index contributed by atoms with van der Waals surface area (Å²) in [6.45, 7) is 8.20. The number of allylic oxidation sites excluding steroid dienone is 1. The quantitative estimate of drug-likeness (QED) is 0.617. The van der Waals surface area contributed by atoms with Crippen LogP contribution in [0.25, 0.3) is 0 Å². The van der Waals surface area contributed by atoms with Crippen LogP contribution in [0.15, 0.2) is 46.0 Å². The zero-order valence-electron chi connectivity index (χ0n) is 16.9. The molecule has 0 radical (unpaired) electrons. The van der Waals surface area contributed by atoms with Crippen molar-refractivity contribution in [2.24, 2.45) is 9.98 Å². The topological polar surface area (TPSA) is 69.5 Å². The number of aliphatic imine (C=N–C) groups is 2. The van der Waals surface area contributed by atoms with Gasteiger partial charge in [-0.3, -0.25) is 14.7 Å². The second-order valence-electron chi connectivity index (χ2n) is 6.98. The largest absolute Gasteiger partial charge is 0.497 e. The lowest BCUT2D eigenvalue weighted by molar-refractivity contribution is -0.113. The molecule has 1 N–H and O–H groups in total. The second kappa shape index (κ2) is 9.61. The molecule has 0 atom stereocenters. The van der Waals surface area contributed by atoms with Crippen LogP contribution in [0.2, 0.25) is 0 Å². The van der Waals surface area contributed by atoms with E-state index < -0.39 is 0 Å². The Morgan fingerprint density at radius 1 is 1.14 bits per heavy atom. The smallest absolute Gasteiger partial charge is 0.164 e. The van der Waals surface area contributed by atoms with Crippen LogP contribution >= 0.6 is 0 Å². The number of ketones is 1. The van der Waals surface area contributed by atoms with E-state index in [1.54, 1.807) is 20.2 Å². The van der Waals surface area contributed by atoms with E-state index in [4.69, 9.17) is 4.74 Å². The fourth-order valence-corrected chi connectivity index (χ4v) is 3.44. The number of carbonyl (C=O) groups is 1. The number of carbonyl (C=O) groups excluding carboxylic acids is 1. The number of hydrogen-bond donors (Lipinski definition) is 1. The van der Waals surface area contributed by atoms with Gasteiger partial charge in [0.25, 0.3) is 0 Å². The molecule has 7 heteroatoms. The molecular formula is C21H29N5O2. The maximum atomic E-state index is 12.2. The molecule has 0 unspecified atom stereocenters. The van der Waals surface area contributed by atoms with Crippen molar-refractivity contribution in [1.82, 2.24) is 15.1 Å². The molecule has 0 spiro atoms. The molecule has 1 fully saturated rings. The van der Waals surface area contributed by atoms with Gasteiger partial charge in [0, 0.05) is 57.1 Å². The fraction of sp³-hybridized carbons (Fsp3) is 0.476. The Kier molecular flexibility index (Phi) is 6.95. The number of amidine groups is 2. The van der Waals surface area contributed by atoms with Gasteiger partial charge in [-0.2, -0.15) is 0 Å². The van der Waals surface area contributed by atoms with Crippen molar-refractivity contribution in [3.8, 4) is 5.75 Å². The van der Waals surface area contributed by atoms with Gasteiger partial charge < -0.3 is 15.0 Å². The van der Waals surface area contributed by atoms with E-state index in [0.29, 0.717) is 11.7 Å². The average Bonchev–Trinajstić information content (AvgIpc) is 2.72. The van der Waals surface area contributed by atoms with Crippen LogP contribution in [-0.2, 0) is 4.79 Å². The van der Waals surface area contributed by atoms with Crippen molar-refractivity contribution in [1.29, 1.82) is 0 Å². The molecule has 0 amide bonds. The predicted molar refractivity (Wildman–Crippen MR) is 112 cm³/mol. The first kappa shape index (κ1) is 20.2. The number of methoxy groups -OCH3 is 1. The monoisotopic (exact) mass is 383 g/mol. The number of nitrogens with zero attached hydrogens (tertiary/aromatic N) is 4. The minimum Gasteiger partial charge on any atom is -0.497 e. The minimum atomic E-state index is 0.0740. The van der Waals surface area contributed by atoms with Crippen molar-refractivity contribution in [3.63, 3.8) is 0 Å². The van der Waals surface area contributed by atoms with E-state index in [0.717, 1.165) is 56.3 Å². The number of benzene rings is 1. The highest BCUT2D eigenvalue weighted by atomic mass is 16.5. The van der Waals surface area contributed by atoms with Gasteiger partial charge in [-0.15, -0.1) is 0 Å². The van der Waals surface area contributed by atoms with Gasteiger partial charge in [-0.25, -0.2) is 4.99 Å². The van der Waals surface area contributed by atoms with Crippen LogP contribution in [0.1, 0.15) is 18.9 Å². The Balaban J connectivity index is 1.67. The number of nitrogens with one attached hydrogen (secondary N) is 1. The number of rotatable bonds is 5. The van der Waals surface area contributed by atoms with E-state index in [9.17, 15) is 4.79 Å². The van der Waals surface area contributed by atoms with Gasteiger partial charge in [0.2, 0.25) is 0 Å². The van der Waals surface area contributed by atoms with E-state index in [-0.39, 0.29) is 12.2 Å². The first-order chi connectivity index (χ1) is 13.6. The number of ether oxygens (including phenoxy) is 1. The van der Waals surface area contributed by atoms with Crippen LogP contribution in [-0.4, -0.2) is 80.7 Å². The van der Waals surface area contributed by atoms with E-state index in [2.05, 4.69) is 32.0 Å². The van der Waals surface area contributed by atoms with Gasteiger partial charge in [0.1, 0.15) is 11.6 Å². The summed E-state index contributed by atoms with van der Waals surface area (Å²) < 4.78 is 5.20. The summed E-state index contributed by atoms with van der Waals surface area (Å²) in [5.74, 6) is 2.10. The second-order valence-corrected chi connectivity index (χ2v) is 6.98. The molecule has 1 aromatic rings. The lowest BCUT2D eigenvalue weighted by Crippen LogP contribution is -2.48. The molecule has 0 saturated carbocycles. The molecule has 150 valence electrons. The zero-order valence-corrected chi connectivity index (χ0v) is 16.9. The summed E-state index contributed by atoms with van der Waals surface area (Å²) >= 11 is 0. The van der Waals surface area contributed by atoms with Crippen LogP contribution in [0.3, 0.4) is 0 Å². The van der Waals surface area contributed by atoms with Gasteiger partial charge in [-0.1, -0.05) is 6.92 Å². The third-order valence-corrected chi connectivity index (χ3v) is 5.09. The molecule has 0 bridgehead atoms. The first-order valence-corrected chi connectivity index (χ1v) is 9.75. The summed E-state index contributed by atoms with van der Waals surface area (Å²) in [5, 5.41) is 3.34. The molecule has 0 aliphatic carbocycles. The van der Waals surface area contributed by atoms with Crippen molar-refractivity contribution < 1.29 is 9.53 Å². The Morgan fingerprint density at radius 2 is 1.82 bits per heavy atom. The third kappa shape index (κ3) is 5.27. The van der Waals surface area contributed by atoms with Gasteiger partial charge >= 0.3 is 0 Å². The van der Waals surface area contributed by atoms with E-state index in [1.165, 1.54) is 0 Å².